The van der Waals surface area contributed by atoms with E-state index in [1.807, 2.05) is 13.8 Å². The molecule has 0 fully saturated rings. The van der Waals surface area contributed by atoms with Gasteiger partial charge in [0.25, 0.3) is 0 Å². The largest absolute Gasteiger partial charge is 0.303 e. The van der Waals surface area contributed by atoms with Crippen LogP contribution in [0.5, 0.6) is 0 Å². The van der Waals surface area contributed by atoms with Gasteiger partial charge in [0.2, 0.25) is 0 Å². The molecule has 0 heterocycles. The fourth-order valence-corrected chi connectivity index (χ4v) is 1.35. The number of hydrogen-bond acceptors (Lipinski definition) is 1. The van der Waals surface area contributed by atoms with Gasteiger partial charge in [-0.15, -0.1) is 0 Å². The molecule has 1 radical (unpaired) electrons. The Balaban J connectivity index is 0.00000144. The van der Waals surface area contributed by atoms with Gasteiger partial charge in [-0.05, 0) is 6.42 Å². The minimum Gasteiger partial charge on any atom is -0.303 e. The molecule has 0 aliphatic carbocycles. The van der Waals surface area contributed by atoms with Crippen molar-refractivity contribution in [2.45, 2.75) is 26.7 Å². The fraction of sp³-hybridized carbons (Fsp3) is 0.364. The van der Waals surface area contributed by atoms with E-state index in [0.29, 0.717) is 6.42 Å². The Hall–Kier alpha value is -0.00610. The number of aryl methyl sites for hydroxylation is 3. The summed E-state index contributed by atoms with van der Waals surface area (Å²) in [6.07, 6.45) is 2.42. The molecule has 1 aromatic carbocycles. The van der Waals surface area contributed by atoms with Crippen molar-refractivity contribution in [3.8, 4) is 0 Å². The van der Waals surface area contributed by atoms with E-state index in [1.165, 1.54) is 5.56 Å². The Morgan fingerprint density at radius 1 is 1.31 bits per heavy atom. The first-order valence-corrected chi connectivity index (χ1v) is 4.15. The minimum absolute atomic E-state index is 0. The SMILES string of the molecule is Cc1[c-]c(C)cc(CCC=O)c1.[Y]. The molecular weight excluding hydrogens is 237 g/mol. The summed E-state index contributed by atoms with van der Waals surface area (Å²) in [7, 11) is 0. The molecule has 0 atom stereocenters. The molecule has 0 aliphatic rings. The van der Waals surface area contributed by atoms with Gasteiger partial charge in [0.1, 0.15) is 6.29 Å². The smallest absolute Gasteiger partial charge is 0.120 e. The van der Waals surface area contributed by atoms with E-state index in [1.54, 1.807) is 0 Å². The minimum atomic E-state index is 0. The van der Waals surface area contributed by atoms with Crippen molar-refractivity contribution < 1.29 is 37.5 Å². The molecule has 2 heteroatoms. The van der Waals surface area contributed by atoms with Gasteiger partial charge in [-0.2, -0.15) is 34.9 Å². The van der Waals surface area contributed by atoms with E-state index < -0.39 is 0 Å². The Morgan fingerprint density at radius 3 is 2.31 bits per heavy atom. The normalized spacial score (nSPS) is 9.08. The monoisotopic (exact) mass is 250 g/mol. The zero-order valence-electron chi connectivity index (χ0n) is 8.13. The molecule has 0 saturated heterocycles. The maximum atomic E-state index is 10.1. The van der Waals surface area contributed by atoms with E-state index in [9.17, 15) is 4.79 Å². The van der Waals surface area contributed by atoms with Crippen molar-refractivity contribution in [3.05, 3.63) is 34.9 Å². The van der Waals surface area contributed by atoms with E-state index in [0.717, 1.165) is 23.8 Å². The van der Waals surface area contributed by atoms with Gasteiger partial charge in [-0.1, -0.05) is 13.8 Å². The van der Waals surface area contributed by atoms with Gasteiger partial charge in [-0.3, -0.25) is 0 Å². The van der Waals surface area contributed by atoms with Crippen LogP contribution in [0.15, 0.2) is 12.1 Å². The zero-order chi connectivity index (χ0) is 8.97. The Kier molecular flexibility index (Phi) is 6.45. The van der Waals surface area contributed by atoms with Crippen LogP contribution in [0.2, 0.25) is 0 Å². The molecule has 0 amide bonds. The molecule has 67 valence electrons. The molecule has 1 rings (SSSR count). The van der Waals surface area contributed by atoms with Gasteiger partial charge >= 0.3 is 0 Å². The third-order valence-electron chi connectivity index (χ3n) is 1.75. The van der Waals surface area contributed by atoms with Crippen LogP contribution >= 0.6 is 0 Å². The standard InChI is InChI=1S/C11H13O.Y/c1-9-6-10(2)8-11(7-9)4-3-5-12;/h5,7-8H,3-4H2,1-2H3;/q-1;. The number of carbonyl (C=O) groups excluding carboxylic acids is 1. The van der Waals surface area contributed by atoms with Gasteiger partial charge in [0, 0.05) is 39.1 Å². The number of carbonyl (C=O) groups is 1. The van der Waals surface area contributed by atoms with Gasteiger partial charge in [0.05, 0.1) is 0 Å². The van der Waals surface area contributed by atoms with Crippen LogP contribution in [-0.2, 0) is 43.9 Å². The average Bonchev–Trinajstić information content (AvgIpc) is 1.99. The van der Waals surface area contributed by atoms with Crippen LogP contribution in [0.25, 0.3) is 0 Å². The van der Waals surface area contributed by atoms with E-state index in [-0.39, 0.29) is 32.7 Å². The molecule has 13 heavy (non-hydrogen) atoms. The van der Waals surface area contributed by atoms with Crippen molar-refractivity contribution in [3.63, 3.8) is 0 Å². The summed E-state index contributed by atoms with van der Waals surface area (Å²) >= 11 is 0. The van der Waals surface area contributed by atoms with Crippen LogP contribution in [0.3, 0.4) is 0 Å². The molecule has 0 unspecified atom stereocenters. The summed E-state index contributed by atoms with van der Waals surface area (Å²) in [5.41, 5.74) is 3.53. The molecule has 0 aliphatic heterocycles. The van der Waals surface area contributed by atoms with Crippen molar-refractivity contribution in [1.82, 2.24) is 0 Å². The Labute approximate surface area is 105 Å². The van der Waals surface area contributed by atoms with E-state index in [2.05, 4.69) is 18.2 Å². The summed E-state index contributed by atoms with van der Waals surface area (Å²) in [5.74, 6) is 0. The maximum Gasteiger partial charge on any atom is 0.120 e. The van der Waals surface area contributed by atoms with E-state index in [4.69, 9.17) is 0 Å². The van der Waals surface area contributed by atoms with Crippen LogP contribution in [-0.4, -0.2) is 6.29 Å². The van der Waals surface area contributed by atoms with Gasteiger partial charge in [-0.25, -0.2) is 0 Å². The summed E-state index contributed by atoms with van der Waals surface area (Å²) in [6.45, 7) is 4.05. The molecule has 1 aromatic rings. The molecule has 0 saturated carbocycles. The quantitative estimate of drug-likeness (QED) is 0.594. The first-order chi connectivity index (χ1) is 5.72. The fourth-order valence-electron chi connectivity index (χ4n) is 1.35. The molecule has 0 bridgehead atoms. The van der Waals surface area contributed by atoms with Gasteiger partial charge < -0.3 is 4.79 Å². The predicted molar refractivity (Wildman–Crippen MR) is 49.1 cm³/mol. The van der Waals surface area contributed by atoms with Crippen LogP contribution < -0.4 is 0 Å². The predicted octanol–water partition coefficient (Wildman–Crippen LogP) is 2.23. The van der Waals surface area contributed by atoms with Crippen LogP contribution in [0.1, 0.15) is 23.1 Å². The molecule has 0 N–H and O–H groups in total. The summed E-state index contributed by atoms with van der Waals surface area (Å²) < 4.78 is 0. The number of benzene rings is 1. The first-order valence-electron chi connectivity index (χ1n) is 4.15. The maximum absolute atomic E-state index is 10.1. The third kappa shape index (κ3) is 4.68. The van der Waals surface area contributed by atoms with Crippen molar-refractivity contribution in [2.75, 3.05) is 0 Å². The molecule has 1 nitrogen and oxygen atoms in total. The Morgan fingerprint density at radius 2 is 1.85 bits per heavy atom. The van der Waals surface area contributed by atoms with Gasteiger partial charge in [0.15, 0.2) is 0 Å². The number of hydrogen-bond donors (Lipinski definition) is 0. The van der Waals surface area contributed by atoms with Crippen LogP contribution in [0.4, 0.5) is 0 Å². The van der Waals surface area contributed by atoms with Crippen molar-refractivity contribution in [1.29, 1.82) is 0 Å². The second-order valence-electron chi connectivity index (χ2n) is 3.06. The second-order valence-corrected chi connectivity index (χ2v) is 3.06. The zero-order valence-corrected chi connectivity index (χ0v) is 11.0. The summed E-state index contributed by atoms with van der Waals surface area (Å²) in [5, 5.41) is 0. The molecular formula is C11H13OY-. The van der Waals surface area contributed by atoms with E-state index >= 15 is 0 Å². The second kappa shape index (κ2) is 6.45. The molecule has 0 aromatic heterocycles. The average molecular weight is 250 g/mol. The topological polar surface area (TPSA) is 17.1 Å². The summed E-state index contributed by atoms with van der Waals surface area (Å²) in [4.78, 5) is 10.1. The van der Waals surface area contributed by atoms with Crippen molar-refractivity contribution >= 4 is 6.29 Å². The third-order valence-corrected chi connectivity index (χ3v) is 1.75. The molecule has 0 spiro atoms. The van der Waals surface area contributed by atoms with Crippen molar-refractivity contribution in [2.24, 2.45) is 0 Å². The number of aldehydes is 1. The first kappa shape index (κ1) is 13.0. The summed E-state index contributed by atoms with van der Waals surface area (Å²) in [6, 6.07) is 7.36. The van der Waals surface area contributed by atoms with Crippen LogP contribution in [0, 0.1) is 19.9 Å². The number of rotatable bonds is 3. The Bertz CT molecular complexity index is 261.